The van der Waals surface area contributed by atoms with Crippen LogP contribution in [0.4, 0.5) is 0 Å². The Morgan fingerprint density at radius 2 is 1.71 bits per heavy atom. The van der Waals surface area contributed by atoms with Crippen LogP contribution in [-0.2, 0) is 13.0 Å². The van der Waals surface area contributed by atoms with Crippen molar-refractivity contribution in [2.24, 2.45) is 0 Å². The fourth-order valence-corrected chi connectivity index (χ4v) is 2.35. The Kier molecular flexibility index (Phi) is 5.37. The summed E-state index contributed by atoms with van der Waals surface area (Å²) in [5.74, 6) is 0.860. The number of nitrogens with one attached hydrogen (secondary N) is 1. The number of para-hydroxylation sites is 1. The average Bonchev–Trinajstić information content (AvgIpc) is 2.54. The van der Waals surface area contributed by atoms with Gasteiger partial charge in [0.05, 0.1) is 13.7 Å². The molecule has 2 aromatic carbocycles. The first-order chi connectivity index (χ1) is 10.2. The fourth-order valence-electron chi connectivity index (χ4n) is 2.35. The van der Waals surface area contributed by atoms with E-state index in [9.17, 15) is 5.11 Å². The number of benzene rings is 2. The lowest BCUT2D eigenvalue weighted by Gasteiger charge is -2.29. The van der Waals surface area contributed by atoms with Gasteiger partial charge in [0.15, 0.2) is 0 Å². The van der Waals surface area contributed by atoms with E-state index in [4.69, 9.17) is 4.74 Å². The van der Waals surface area contributed by atoms with Crippen molar-refractivity contribution in [2.45, 2.75) is 25.4 Å². The minimum atomic E-state index is -0.384. The molecule has 2 N–H and O–H groups in total. The first-order valence-electron chi connectivity index (χ1n) is 7.18. The van der Waals surface area contributed by atoms with Crippen LogP contribution in [0.25, 0.3) is 0 Å². The van der Waals surface area contributed by atoms with Crippen LogP contribution in [0.3, 0.4) is 0 Å². The summed E-state index contributed by atoms with van der Waals surface area (Å²) in [6.07, 6.45) is 0.709. The van der Waals surface area contributed by atoms with Crippen LogP contribution in [-0.4, -0.2) is 24.4 Å². The molecular formula is C18H23NO2. The second-order valence-electron chi connectivity index (χ2n) is 5.55. The van der Waals surface area contributed by atoms with Crippen molar-refractivity contribution in [3.05, 3.63) is 65.7 Å². The average molecular weight is 285 g/mol. The molecule has 21 heavy (non-hydrogen) atoms. The first kappa shape index (κ1) is 15.5. The van der Waals surface area contributed by atoms with Crippen molar-refractivity contribution < 1.29 is 9.84 Å². The van der Waals surface area contributed by atoms with Gasteiger partial charge in [-0.3, -0.25) is 0 Å². The molecule has 0 aromatic heterocycles. The molecule has 3 heteroatoms. The third-order valence-corrected chi connectivity index (χ3v) is 3.68. The highest BCUT2D eigenvalue weighted by molar-refractivity contribution is 5.34. The van der Waals surface area contributed by atoms with Gasteiger partial charge in [0.25, 0.3) is 0 Å². The van der Waals surface area contributed by atoms with Gasteiger partial charge in [-0.1, -0.05) is 48.5 Å². The Morgan fingerprint density at radius 1 is 1.05 bits per heavy atom. The molecule has 2 rings (SSSR count). The number of hydrogen-bond donors (Lipinski definition) is 2. The molecule has 1 unspecified atom stereocenters. The maximum atomic E-state index is 9.78. The van der Waals surface area contributed by atoms with Crippen LogP contribution in [0.2, 0.25) is 0 Å². The zero-order valence-electron chi connectivity index (χ0n) is 12.7. The largest absolute Gasteiger partial charge is 0.496 e. The second kappa shape index (κ2) is 7.25. The molecule has 0 aliphatic rings. The highest BCUT2D eigenvalue weighted by atomic mass is 16.5. The Hall–Kier alpha value is -1.84. The smallest absolute Gasteiger partial charge is 0.122 e. The van der Waals surface area contributed by atoms with Crippen molar-refractivity contribution in [1.29, 1.82) is 0 Å². The topological polar surface area (TPSA) is 41.5 Å². The third kappa shape index (κ3) is 4.31. The molecule has 0 heterocycles. The predicted octanol–water partition coefficient (Wildman–Crippen LogP) is 2.78. The van der Waals surface area contributed by atoms with Gasteiger partial charge in [-0.2, -0.15) is 0 Å². The Labute approximate surface area is 126 Å². The lowest BCUT2D eigenvalue weighted by atomic mass is 9.92. The van der Waals surface area contributed by atoms with E-state index in [2.05, 4.69) is 17.4 Å². The van der Waals surface area contributed by atoms with E-state index < -0.39 is 0 Å². The van der Waals surface area contributed by atoms with Crippen LogP contribution >= 0.6 is 0 Å². The number of ether oxygens (including phenoxy) is 1. The zero-order chi connectivity index (χ0) is 15.1. The molecule has 1 atom stereocenters. The van der Waals surface area contributed by atoms with E-state index in [-0.39, 0.29) is 12.1 Å². The summed E-state index contributed by atoms with van der Waals surface area (Å²) in [7, 11) is 1.67. The van der Waals surface area contributed by atoms with Gasteiger partial charge in [-0.05, 0) is 30.5 Å². The molecule has 0 bridgehead atoms. The van der Waals surface area contributed by atoms with E-state index in [0.717, 1.165) is 17.9 Å². The molecule has 0 aliphatic heterocycles. The van der Waals surface area contributed by atoms with Crippen LogP contribution in [0.15, 0.2) is 54.6 Å². The van der Waals surface area contributed by atoms with Crippen molar-refractivity contribution in [3.8, 4) is 5.75 Å². The molecule has 0 saturated heterocycles. The molecule has 0 fully saturated rings. The van der Waals surface area contributed by atoms with Gasteiger partial charge in [-0.15, -0.1) is 0 Å². The van der Waals surface area contributed by atoms with Gasteiger partial charge in [0.1, 0.15) is 5.75 Å². The molecule has 3 nitrogen and oxygen atoms in total. The van der Waals surface area contributed by atoms with Crippen molar-refractivity contribution in [1.82, 2.24) is 5.32 Å². The van der Waals surface area contributed by atoms with E-state index in [1.807, 2.05) is 49.4 Å². The Morgan fingerprint density at radius 3 is 2.38 bits per heavy atom. The first-order valence-corrected chi connectivity index (χ1v) is 7.18. The van der Waals surface area contributed by atoms with Gasteiger partial charge < -0.3 is 15.2 Å². The number of methoxy groups -OCH3 is 1. The lowest BCUT2D eigenvalue weighted by molar-refractivity contribution is 0.171. The highest BCUT2D eigenvalue weighted by Gasteiger charge is 2.24. The quantitative estimate of drug-likeness (QED) is 0.822. The van der Waals surface area contributed by atoms with Crippen LogP contribution < -0.4 is 10.1 Å². The molecule has 0 spiro atoms. The van der Waals surface area contributed by atoms with E-state index >= 15 is 0 Å². The van der Waals surface area contributed by atoms with Gasteiger partial charge >= 0.3 is 0 Å². The molecule has 112 valence electrons. The molecule has 0 aliphatic carbocycles. The van der Waals surface area contributed by atoms with Crippen molar-refractivity contribution >= 4 is 0 Å². The minimum Gasteiger partial charge on any atom is -0.496 e. The van der Waals surface area contributed by atoms with Gasteiger partial charge in [0.2, 0.25) is 0 Å². The third-order valence-electron chi connectivity index (χ3n) is 3.68. The van der Waals surface area contributed by atoms with E-state index in [1.54, 1.807) is 7.11 Å². The molecular weight excluding hydrogens is 262 g/mol. The summed E-state index contributed by atoms with van der Waals surface area (Å²) in [5.41, 5.74) is 1.92. The Bertz CT molecular complexity index is 556. The van der Waals surface area contributed by atoms with E-state index in [0.29, 0.717) is 6.42 Å². The predicted molar refractivity (Wildman–Crippen MR) is 85.5 cm³/mol. The number of aliphatic hydroxyl groups is 1. The highest BCUT2D eigenvalue weighted by Crippen LogP contribution is 2.23. The standard InChI is InChI=1S/C18H23NO2/c1-18(14-20,19-13-15-8-4-3-5-9-15)12-16-10-6-7-11-17(16)21-2/h3-11,19-20H,12-14H2,1-2H3. The monoisotopic (exact) mass is 285 g/mol. The lowest BCUT2D eigenvalue weighted by Crippen LogP contribution is -2.47. The molecule has 0 saturated carbocycles. The second-order valence-corrected chi connectivity index (χ2v) is 5.55. The number of hydrogen-bond acceptors (Lipinski definition) is 3. The summed E-state index contributed by atoms with van der Waals surface area (Å²) in [4.78, 5) is 0. The fraction of sp³-hybridized carbons (Fsp3) is 0.333. The summed E-state index contributed by atoms with van der Waals surface area (Å²) >= 11 is 0. The van der Waals surface area contributed by atoms with Crippen LogP contribution in [0, 0.1) is 0 Å². The Balaban J connectivity index is 2.06. The van der Waals surface area contributed by atoms with E-state index in [1.165, 1.54) is 5.56 Å². The normalized spacial score (nSPS) is 13.7. The molecule has 2 aromatic rings. The summed E-state index contributed by atoms with van der Waals surface area (Å²) < 4.78 is 5.39. The van der Waals surface area contributed by atoms with Gasteiger partial charge in [0, 0.05) is 12.1 Å². The maximum Gasteiger partial charge on any atom is 0.122 e. The summed E-state index contributed by atoms with van der Waals surface area (Å²) in [6.45, 7) is 2.83. The van der Waals surface area contributed by atoms with Crippen LogP contribution in [0.5, 0.6) is 5.75 Å². The number of rotatable bonds is 7. The maximum absolute atomic E-state index is 9.78. The van der Waals surface area contributed by atoms with Gasteiger partial charge in [-0.25, -0.2) is 0 Å². The molecule has 0 amide bonds. The van der Waals surface area contributed by atoms with Crippen molar-refractivity contribution in [3.63, 3.8) is 0 Å². The summed E-state index contributed by atoms with van der Waals surface area (Å²) in [6, 6.07) is 18.1. The number of aliphatic hydroxyl groups excluding tert-OH is 1. The SMILES string of the molecule is COc1ccccc1CC(C)(CO)NCc1ccccc1. The zero-order valence-corrected chi connectivity index (χ0v) is 12.7. The summed E-state index contributed by atoms with van der Waals surface area (Å²) in [5, 5.41) is 13.2. The van der Waals surface area contributed by atoms with Crippen LogP contribution in [0.1, 0.15) is 18.1 Å². The minimum absolute atomic E-state index is 0.0673. The van der Waals surface area contributed by atoms with Crippen molar-refractivity contribution in [2.75, 3.05) is 13.7 Å². The molecule has 0 radical (unpaired) electrons.